The van der Waals surface area contributed by atoms with E-state index in [-0.39, 0.29) is 24.1 Å². The van der Waals surface area contributed by atoms with Gasteiger partial charge in [0.1, 0.15) is 5.82 Å². The van der Waals surface area contributed by atoms with Gasteiger partial charge in [0.2, 0.25) is 0 Å². The van der Waals surface area contributed by atoms with Crippen LogP contribution in [0.2, 0.25) is 0 Å². The van der Waals surface area contributed by atoms with Gasteiger partial charge in [0.05, 0.1) is 0 Å². The summed E-state index contributed by atoms with van der Waals surface area (Å²) in [6.45, 7) is 5.72. The van der Waals surface area contributed by atoms with Gasteiger partial charge in [-0.2, -0.15) is 0 Å². The third kappa shape index (κ3) is 4.32. The largest absolute Gasteiger partial charge is 0.346 e. The fraction of sp³-hybridized carbons (Fsp3) is 0.417. The van der Waals surface area contributed by atoms with E-state index < -0.39 is 5.54 Å². The normalized spacial score (nSPS) is 10.6. The maximum atomic E-state index is 12.9. The predicted molar refractivity (Wildman–Crippen MR) is 69.0 cm³/mol. The maximum Gasteiger partial charge on any atom is 0.252 e. The standard InChI is InChI=1S/C12H17FN2O.ClH/c1-8-6-9(13)4-5-10(8)11(16)15-12(2,3)7-14;/h4-6H,7,14H2,1-3H3,(H,15,16);1H. The Morgan fingerprint density at radius 1 is 1.47 bits per heavy atom. The van der Waals surface area contributed by atoms with Crippen molar-refractivity contribution in [3.8, 4) is 0 Å². The Morgan fingerprint density at radius 3 is 2.53 bits per heavy atom. The van der Waals surface area contributed by atoms with Gasteiger partial charge >= 0.3 is 0 Å². The Hall–Kier alpha value is -1.13. The highest BCUT2D eigenvalue weighted by Crippen LogP contribution is 2.11. The molecule has 0 radical (unpaired) electrons. The molecule has 1 rings (SSSR count). The van der Waals surface area contributed by atoms with Gasteiger partial charge in [0.15, 0.2) is 0 Å². The third-order valence-corrected chi connectivity index (χ3v) is 2.40. The quantitative estimate of drug-likeness (QED) is 0.874. The summed E-state index contributed by atoms with van der Waals surface area (Å²) in [5, 5.41) is 2.80. The van der Waals surface area contributed by atoms with E-state index in [1.54, 1.807) is 6.92 Å². The van der Waals surface area contributed by atoms with Crippen LogP contribution in [-0.4, -0.2) is 18.0 Å². The van der Waals surface area contributed by atoms with Crippen molar-refractivity contribution in [1.82, 2.24) is 5.32 Å². The lowest BCUT2D eigenvalue weighted by atomic mass is 10.0. The Kier molecular flexibility index (Phi) is 5.58. The predicted octanol–water partition coefficient (Wildman–Crippen LogP) is 2.02. The monoisotopic (exact) mass is 260 g/mol. The van der Waals surface area contributed by atoms with E-state index in [1.807, 2.05) is 13.8 Å². The van der Waals surface area contributed by atoms with Crippen LogP contribution in [0.4, 0.5) is 4.39 Å². The molecule has 0 heterocycles. The van der Waals surface area contributed by atoms with Crippen LogP contribution in [0.3, 0.4) is 0 Å². The van der Waals surface area contributed by atoms with Crippen LogP contribution in [0.1, 0.15) is 29.8 Å². The zero-order valence-electron chi connectivity index (χ0n) is 10.2. The Balaban J connectivity index is 0.00000256. The van der Waals surface area contributed by atoms with Crippen LogP contribution in [0, 0.1) is 12.7 Å². The summed E-state index contributed by atoms with van der Waals surface area (Å²) < 4.78 is 12.9. The lowest BCUT2D eigenvalue weighted by Crippen LogP contribution is -2.49. The molecule has 0 bridgehead atoms. The second kappa shape index (κ2) is 5.98. The molecule has 0 aliphatic carbocycles. The molecule has 0 spiro atoms. The molecule has 1 aromatic rings. The highest BCUT2D eigenvalue weighted by atomic mass is 35.5. The number of carbonyl (C=O) groups is 1. The Labute approximate surface area is 107 Å². The van der Waals surface area contributed by atoms with Crippen LogP contribution in [-0.2, 0) is 0 Å². The molecule has 0 unspecified atom stereocenters. The second-order valence-corrected chi connectivity index (χ2v) is 4.50. The number of hydrogen-bond donors (Lipinski definition) is 2. The molecule has 0 saturated heterocycles. The smallest absolute Gasteiger partial charge is 0.252 e. The number of halogens is 2. The van der Waals surface area contributed by atoms with Gasteiger partial charge in [-0.1, -0.05) is 0 Å². The van der Waals surface area contributed by atoms with E-state index >= 15 is 0 Å². The molecule has 0 aromatic heterocycles. The van der Waals surface area contributed by atoms with Crippen LogP contribution < -0.4 is 11.1 Å². The first-order valence-corrected chi connectivity index (χ1v) is 5.14. The van der Waals surface area contributed by atoms with Crippen LogP contribution in [0.25, 0.3) is 0 Å². The van der Waals surface area contributed by atoms with Crippen LogP contribution in [0.5, 0.6) is 0 Å². The van der Waals surface area contributed by atoms with E-state index in [0.717, 1.165) is 0 Å². The Bertz CT molecular complexity index is 407. The number of carbonyl (C=O) groups excluding carboxylic acids is 1. The maximum absolute atomic E-state index is 12.9. The first kappa shape index (κ1) is 15.9. The summed E-state index contributed by atoms with van der Waals surface area (Å²) in [4.78, 5) is 11.9. The molecule has 0 aliphatic heterocycles. The van der Waals surface area contributed by atoms with Gasteiger partial charge in [-0.25, -0.2) is 4.39 Å². The average Bonchev–Trinajstić information content (AvgIpc) is 2.16. The van der Waals surface area contributed by atoms with Crippen molar-refractivity contribution < 1.29 is 9.18 Å². The number of amides is 1. The Morgan fingerprint density at radius 2 is 2.06 bits per heavy atom. The minimum absolute atomic E-state index is 0. The molecule has 17 heavy (non-hydrogen) atoms. The highest BCUT2D eigenvalue weighted by Gasteiger charge is 2.20. The van der Waals surface area contributed by atoms with Gasteiger partial charge in [0.25, 0.3) is 5.91 Å². The lowest BCUT2D eigenvalue weighted by Gasteiger charge is -2.24. The van der Waals surface area contributed by atoms with E-state index in [2.05, 4.69) is 5.32 Å². The van der Waals surface area contributed by atoms with Crippen molar-refractivity contribution in [3.63, 3.8) is 0 Å². The topological polar surface area (TPSA) is 55.1 Å². The number of rotatable bonds is 3. The SMILES string of the molecule is Cc1cc(F)ccc1C(=O)NC(C)(C)CN.Cl. The van der Waals surface area contributed by atoms with Gasteiger partial charge in [-0.05, 0) is 44.5 Å². The summed E-state index contributed by atoms with van der Waals surface area (Å²) >= 11 is 0. The van der Waals surface area contributed by atoms with Crippen molar-refractivity contribution in [3.05, 3.63) is 35.1 Å². The fourth-order valence-electron chi connectivity index (χ4n) is 1.31. The van der Waals surface area contributed by atoms with Crippen molar-refractivity contribution in [2.24, 2.45) is 5.73 Å². The molecule has 0 fully saturated rings. The summed E-state index contributed by atoms with van der Waals surface area (Å²) in [6, 6.07) is 4.09. The zero-order valence-corrected chi connectivity index (χ0v) is 11.0. The molecular formula is C12H18ClFN2O. The number of hydrogen-bond acceptors (Lipinski definition) is 2. The van der Waals surface area contributed by atoms with Crippen molar-refractivity contribution in [1.29, 1.82) is 0 Å². The highest BCUT2D eigenvalue weighted by molar-refractivity contribution is 5.96. The summed E-state index contributed by atoms with van der Waals surface area (Å²) in [5.74, 6) is -0.569. The minimum Gasteiger partial charge on any atom is -0.346 e. The minimum atomic E-state index is -0.460. The third-order valence-electron chi connectivity index (χ3n) is 2.40. The van der Waals surface area contributed by atoms with Crippen molar-refractivity contribution in [2.45, 2.75) is 26.3 Å². The van der Waals surface area contributed by atoms with Crippen LogP contribution >= 0.6 is 12.4 Å². The van der Waals surface area contributed by atoms with Crippen LogP contribution in [0.15, 0.2) is 18.2 Å². The molecule has 3 nitrogen and oxygen atoms in total. The van der Waals surface area contributed by atoms with Gasteiger partial charge in [-0.3, -0.25) is 4.79 Å². The summed E-state index contributed by atoms with van der Waals surface area (Å²) in [7, 11) is 0. The van der Waals surface area contributed by atoms with Crippen molar-refractivity contribution in [2.75, 3.05) is 6.54 Å². The molecule has 0 saturated carbocycles. The molecule has 3 N–H and O–H groups in total. The number of nitrogens with two attached hydrogens (primary N) is 1. The van der Waals surface area contributed by atoms with E-state index in [4.69, 9.17) is 5.73 Å². The number of nitrogens with one attached hydrogen (secondary N) is 1. The van der Waals surface area contributed by atoms with Gasteiger partial charge in [-0.15, -0.1) is 12.4 Å². The van der Waals surface area contributed by atoms with E-state index in [9.17, 15) is 9.18 Å². The lowest BCUT2D eigenvalue weighted by molar-refractivity contribution is 0.0915. The summed E-state index contributed by atoms with van der Waals surface area (Å²) in [5.41, 5.74) is 6.15. The zero-order chi connectivity index (χ0) is 12.3. The molecule has 5 heteroatoms. The number of aryl methyl sites for hydroxylation is 1. The average molecular weight is 261 g/mol. The second-order valence-electron chi connectivity index (χ2n) is 4.50. The molecule has 1 aromatic carbocycles. The van der Waals surface area contributed by atoms with Gasteiger partial charge < -0.3 is 11.1 Å². The molecule has 96 valence electrons. The molecule has 1 amide bonds. The van der Waals surface area contributed by atoms with E-state index in [0.29, 0.717) is 17.7 Å². The number of benzene rings is 1. The summed E-state index contributed by atoms with van der Waals surface area (Å²) in [6.07, 6.45) is 0. The van der Waals surface area contributed by atoms with E-state index in [1.165, 1.54) is 18.2 Å². The fourth-order valence-corrected chi connectivity index (χ4v) is 1.31. The first-order valence-electron chi connectivity index (χ1n) is 5.14. The van der Waals surface area contributed by atoms with Gasteiger partial charge in [0, 0.05) is 17.6 Å². The molecular weight excluding hydrogens is 243 g/mol. The molecule has 0 aliphatic rings. The molecule has 0 atom stereocenters. The van der Waals surface area contributed by atoms with Crippen molar-refractivity contribution >= 4 is 18.3 Å². The first-order chi connectivity index (χ1) is 7.35.